The van der Waals surface area contributed by atoms with Gasteiger partial charge in [0.2, 0.25) is 0 Å². The molecule has 1 aromatic rings. The second-order valence-electron chi connectivity index (χ2n) is 5.58. The zero-order chi connectivity index (χ0) is 15.3. The van der Waals surface area contributed by atoms with Gasteiger partial charge in [0, 0.05) is 43.1 Å². The topological polar surface area (TPSA) is 65.2 Å². The summed E-state index contributed by atoms with van der Waals surface area (Å²) in [5.41, 5.74) is 0.664. The number of nitrogens with zero attached hydrogens (tertiary/aromatic N) is 1. The second kappa shape index (κ2) is 7.24. The Morgan fingerprint density at radius 1 is 1.30 bits per heavy atom. The molecular weight excluding hydrogens is 254 g/mol. The van der Waals surface area contributed by atoms with Crippen molar-refractivity contribution >= 4 is 5.91 Å². The van der Waals surface area contributed by atoms with E-state index >= 15 is 0 Å². The van der Waals surface area contributed by atoms with Gasteiger partial charge in [0.25, 0.3) is 5.91 Å². The van der Waals surface area contributed by atoms with E-state index in [-0.39, 0.29) is 16.9 Å². The molecule has 0 radical (unpaired) electrons. The van der Waals surface area contributed by atoms with Crippen molar-refractivity contribution in [1.82, 2.24) is 15.2 Å². The summed E-state index contributed by atoms with van der Waals surface area (Å²) in [5.74, 6) is -0.321. The van der Waals surface area contributed by atoms with Crippen LogP contribution < -0.4 is 10.7 Å². The summed E-state index contributed by atoms with van der Waals surface area (Å²) >= 11 is 0. The minimum absolute atomic E-state index is 0.163. The Bertz CT molecular complexity index is 498. The molecule has 1 amide bonds. The predicted octanol–water partition coefficient (Wildman–Crippen LogP) is 1.53. The zero-order valence-corrected chi connectivity index (χ0v) is 13.0. The largest absolute Gasteiger partial charge is 0.364 e. The Kier molecular flexibility index (Phi) is 5.95. The van der Waals surface area contributed by atoms with Gasteiger partial charge in [-0.05, 0) is 34.6 Å². The number of aromatic nitrogens is 1. The van der Waals surface area contributed by atoms with Crippen LogP contribution in [0.5, 0.6) is 0 Å². The number of H-pyrrole nitrogens is 1. The van der Waals surface area contributed by atoms with E-state index in [2.05, 4.69) is 42.9 Å². The van der Waals surface area contributed by atoms with Gasteiger partial charge in [0.05, 0.1) is 0 Å². The number of rotatable bonds is 6. The van der Waals surface area contributed by atoms with Crippen molar-refractivity contribution in [2.75, 3.05) is 13.1 Å². The first-order valence-corrected chi connectivity index (χ1v) is 7.06. The first kappa shape index (κ1) is 16.4. The summed E-state index contributed by atoms with van der Waals surface area (Å²) in [6.07, 6.45) is 1.47. The number of hydrogen-bond donors (Lipinski definition) is 2. The molecule has 1 rings (SSSR count). The Hall–Kier alpha value is -1.62. The van der Waals surface area contributed by atoms with Crippen molar-refractivity contribution in [3.63, 3.8) is 0 Å². The lowest BCUT2D eigenvalue weighted by molar-refractivity contribution is 0.0938. The summed E-state index contributed by atoms with van der Waals surface area (Å²) in [6, 6.07) is 2.29. The average Bonchev–Trinajstić information content (AvgIpc) is 2.33. The van der Waals surface area contributed by atoms with Crippen LogP contribution in [0.3, 0.4) is 0 Å². The first-order valence-electron chi connectivity index (χ1n) is 7.06. The van der Waals surface area contributed by atoms with E-state index in [1.807, 2.05) is 0 Å². The molecular formula is C15H25N3O2. The van der Waals surface area contributed by atoms with Crippen molar-refractivity contribution in [1.29, 1.82) is 0 Å². The number of hydrogen-bond acceptors (Lipinski definition) is 3. The minimum Gasteiger partial charge on any atom is -0.364 e. The molecule has 112 valence electrons. The molecule has 5 nitrogen and oxygen atoms in total. The number of carbonyl (C=O) groups excluding carboxylic acids is 1. The summed E-state index contributed by atoms with van der Waals surface area (Å²) in [6.45, 7) is 11.6. The van der Waals surface area contributed by atoms with E-state index in [1.165, 1.54) is 12.3 Å². The Morgan fingerprint density at radius 2 is 1.90 bits per heavy atom. The van der Waals surface area contributed by atoms with Gasteiger partial charge >= 0.3 is 0 Å². The maximum absolute atomic E-state index is 11.9. The van der Waals surface area contributed by atoms with Gasteiger partial charge in [-0.1, -0.05) is 0 Å². The molecule has 0 fully saturated rings. The minimum atomic E-state index is -0.321. The molecule has 0 bridgehead atoms. The van der Waals surface area contributed by atoms with Gasteiger partial charge in [-0.3, -0.25) is 14.5 Å². The lowest BCUT2D eigenvalue weighted by Crippen LogP contribution is -2.43. The van der Waals surface area contributed by atoms with Crippen molar-refractivity contribution in [3.05, 3.63) is 33.7 Å². The van der Waals surface area contributed by atoms with Crippen molar-refractivity contribution in [2.24, 2.45) is 0 Å². The molecule has 0 saturated heterocycles. The van der Waals surface area contributed by atoms with Crippen LogP contribution >= 0.6 is 0 Å². The molecule has 0 atom stereocenters. The van der Waals surface area contributed by atoms with E-state index in [9.17, 15) is 9.59 Å². The fraction of sp³-hybridized carbons (Fsp3) is 0.600. The van der Waals surface area contributed by atoms with Gasteiger partial charge in [-0.15, -0.1) is 0 Å². The number of aryl methyl sites for hydroxylation is 1. The molecule has 20 heavy (non-hydrogen) atoms. The molecule has 0 aliphatic carbocycles. The number of nitrogens with one attached hydrogen (secondary N) is 2. The number of pyridine rings is 1. The highest BCUT2D eigenvalue weighted by Gasteiger charge is 2.14. The van der Waals surface area contributed by atoms with E-state index in [0.29, 0.717) is 18.6 Å². The monoisotopic (exact) mass is 279 g/mol. The van der Waals surface area contributed by atoms with Crippen LogP contribution in [-0.2, 0) is 0 Å². The van der Waals surface area contributed by atoms with Crippen molar-refractivity contribution < 1.29 is 4.79 Å². The molecule has 0 aromatic carbocycles. The highest BCUT2D eigenvalue weighted by molar-refractivity contribution is 5.93. The number of amides is 1. The van der Waals surface area contributed by atoms with Crippen LogP contribution in [0.2, 0.25) is 0 Å². The number of aromatic amines is 1. The smallest absolute Gasteiger partial charge is 0.256 e. The normalized spacial score (nSPS) is 11.4. The van der Waals surface area contributed by atoms with Crippen molar-refractivity contribution in [2.45, 2.75) is 46.7 Å². The molecule has 0 spiro atoms. The van der Waals surface area contributed by atoms with Crippen molar-refractivity contribution in [3.8, 4) is 0 Å². The third-order valence-electron chi connectivity index (χ3n) is 3.28. The van der Waals surface area contributed by atoms with Crippen LogP contribution in [0.1, 0.15) is 43.7 Å². The molecule has 5 heteroatoms. The van der Waals surface area contributed by atoms with Crippen LogP contribution in [0.4, 0.5) is 0 Å². The van der Waals surface area contributed by atoms with E-state index in [4.69, 9.17) is 0 Å². The summed E-state index contributed by atoms with van der Waals surface area (Å²) in [4.78, 5) is 28.8. The zero-order valence-electron chi connectivity index (χ0n) is 13.0. The molecule has 0 unspecified atom stereocenters. The third-order valence-corrected chi connectivity index (χ3v) is 3.28. The highest BCUT2D eigenvalue weighted by Crippen LogP contribution is 2.03. The Balaban J connectivity index is 2.57. The maximum Gasteiger partial charge on any atom is 0.256 e. The van der Waals surface area contributed by atoms with Crippen LogP contribution in [0.15, 0.2) is 17.1 Å². The lowest BCUT2D eigenvalue weighted by atomic mass is 10.2. The van der Waals surface area contributed by atoms with Crippen LogP contribution in [0, 0.1) is 6.92 Å². The van der Waals surface area contributed by atoms with E-state index < -0.39 is 0 Å². The second-order valence-corrected chi connectivity index (χ2v) is 5.58. The molecule has 0 saturated carbocycles. The number of carbonyl (C=O) groups is 1. The van der Waals surface area contributed by atoms with E-state index in [0.717, 1.165) is 12.2 Å². The lowest BCUT2D eigenvalue weighted by Gasteiger charge is -2.30. The Morgan fingerprint density at radius 3 is 2.40 bits per heavy atom. The SMILES string of the molecule is Cc1cc(=O)c(C(=O)NCCN(C(C)C)C(C)C)c[nH]1. The molecule has 0 aliphatic rings. The first-order chi connectivity index (χ1) is 9.32. The molecule has 1 heterocycles. The van der Waals surface area contributed by atoms with E-state index in [1.54, 1.807) is 6.92 Å². The average molecular weight is 279 g/mol. The predicted molar refractivity (Wildman–Crippen MR) is 81.1 cm³/mol. The summed E-state index contributed by atoms with van der Waals surface area (Å²) < 4.78 is 0. The van der Waals surface area contributed by atoms with Gasteiger partial charge in [0.1, 0.15) is 5.56 Å². The Labute approximate surface area is 120 Å². The summed E-state index contributed by atoms with van der Waals surface area (Å²) in [5, 5.41) is 2.80. The molecule has 2 N–H and O–H groups in total. The fourth-order valence-electron chi connectivity index (χ4n) is 2.26. The third kappa shape index (κ3) is 4.49. The van der Waals surface area contributed by atoms with Crippen LogP contribution in [0.25, 0.3) is 0 Å². The quantitative estimate of drug-likeness (QED) is 0.830. The standard InChI is InChI=1S/C15H25N3O2/c1-10(2)18(11(3)4)7-6-16-15(20)13-9-17-12(5)8-14(13)19/h8-11H,6-7H2,1-5H3,(H,16,20)(H,17,19). The maximum atomic E-state index is 11.9. The van der Waals surface area contributed by atoms with Gasteiger partial charge in [-0.25, -0.2) is 0 Å². The summed E-state index contributed by atoms with van der Waals surface area (Å²) in [7, 11) is 0. The van der Waals surface area contributed by atoms with Crippen LogP contribution in [-0.4, -0.2) is 41.0 Å². The van der Waals surface area contributed by atoms with Gasteiger partial charge < -0.3 is 10.3 Å². The highest BCUT2D eigenvalue weighted by atomic mass is 16.2. The molecule has 0 aliphatic heterocycles. The van der Waals surface area contributed by atoms with Gasteiger partial charge in [0.15, 0.2) is 5.43 Å². The molecule has 1 aromatic heterocycles. The fourth-order valence-corrected chi connectivity index (χ4v) is 2.26. The van der Waals surface area contributed by atoms with Gasteiger partial charge in [-0.2, -0.15) is 0 Å².